The number of Topliss-reactive ketones (excluding diaryl/α,β-unsaturated/α-hetero) is 1. The van der Waals surface area contributed by atoms with E-state index in [-0.39, 0.29) is 17.7 Å². The average molecular weight is 446 g/mol. The van der Waals surface area contributed by atoms with Gasteiger partial charge < -0.3 is 4.74 Å². The number of hydrogen-bond acceptors (Lipinski definition) is 3. The van der Waals surface area contributed by atoms with Crippen molar-refractivity contribution in [3.05, 3.63) is 10.2 Å². The summed E-state index contributed by atoms with van der Waals surface area (Å²) in [5.74, 6) is -0.268. The number of ether oxygens (including phenoxy) is 1. The maximum atomic E-state index is 12.1. The monoisotopic (exact) mass is 446 g/mol. The molecule has 2 saturated carbocycles. The summed E-state index contributed by atoms with van der Waals surface area (Å²) >= 11 is 4.34. The number of alkyl halides is 1. The molecule has 0 bridgehead atoms. The van der Waals surface area contributed by atoms with Gasteiger partial charge in [0, 0.05) is 15.9 Å². The molecule has 0 aromatic heterocycles. The quantitative estimate of drug-likeness (QED) is 0.284. The molecule has 0 heterocycles. The van der Waals surface area contributed by atoms with Crippen LogP contribution in [0.4, 0.5) is 0 Å². The molecule has 2 rings (SSSR count). The lowest BCUT2D eigenvalue weighted by Crippen LogP contribution is -2.35. The minimum absolute atomic E-state index is 0.0304. The molecule has 0 aromatic rings. The van der Waals surface area contributed by atoms with E-state index in [2.05, 4.69) is 51.8 Å². The second-order valence-electron chi connectivity index (χ2n) is 4.28. The molecule has 3 nitrogen and oxygen atoms in total. The fourth-order valence-electron chi connectivity index (χ4n) is 2.96. The lowest BCUT2D eigenvalue weighted by molar-refractivity contribution is -0.153. The number of methoxy groups -OCH3 is 1. The zero-order valence-corrected chi connectivity index (χ0v) is 13.2. The van der Waals surface area contributed by atoms with E-state index >= 15 is 0 Å². The highest BCUT2D eigenvalue weighted by molar-refractivity contribution is 14.1. The molecule has 0 radical (unpaired) electrons. The van der Waals surface area contributed by atoms with Crippen molar-refractivity contribution in [2.75, 3.05) is 7.11 Å². The topological polar surface area (TPSA) is 43.4 Å². The van der Waals surface area contributed by atoms with Crippen LogP contribution in [0.1, 0.15) is 19.3 Å². The number of hydrogen-bond donors (Lipinski definition) is 0. The molecule has 5 heteroatoms. The van der Waals surface area contributed by atoms with Crippen molar-refractivity contribution in [2.24, 2.45) is 11.3 Å². The van der Waals surface area contributed by atoms with Crippen LogP contribution in [0.2, 0.25) is 0 Å². The summed E-state index contributed by atoms with van der Waals surface area (Å²) in [5, 5.41) is 0. The maximum Gasteiger partial charge on any atom is 0.321 e. The van der Waals surface area contributed by atoms with E-state index in [9.17, 15) is 9.59 Å². The highest BCUT2D eigenvalue weighted by Crippen LogP contribution is 2.76. The summed E-state index contributed by atoms with van der Waals surface area (Å²) in [7, 11) is 1.35. The first-order valence-electron chi connectivity index (χ1n) is 5.09. The number of allylic oxidation sites excluding steroid dienone is 1. The number of halogens is 2. The van der Waals surface area contributed by atoms with Gasteiger partial charge in [-0.05, 0) is 35.4 Å². The average Bonchev–Trinajstić information content (AvgIpc) is 2.83. The van der Waals surface area contributed by atoms with Crippen LogP contribution >= 0.6 is 45.2 Å². The van der Waals surface area contributed by atoms with E-state index in [1.807, 2.05) is 0 Å². The Kier molecular flexibility index (Phi) is 3.14. The number of carbonyl (C=O) groups is 2. The van der Waals surface area contributed by atoms with Gasteiger partial charge in [-0.3, -0.25) is 9.59 Å². The molecule has 0 N–H and O–H groups in total. The van der Waals surface area contributed by atoms with Crippen molar-refractivity contribution in [3.63, 3.8) is 0 Å². The summed E-state index contributed by atoms with van der Waals surface area (Å²) in [4.78, 5) is 24.1. The van der Waals surface area contributed by atoms with Crippen molar-refractivity contribution < 1.29 is 14.3 Å². The minimum Gasteiger partial charge on any atom is -0.468 e. The largest absolute Gasteiger partial charge is 0.468 e. The highest BCUT2D eigenvalue weighted by atomic mass is 127. The molecule has 0 saturated heterocycles. The van der Waals surface area contributed by atoms with Gasteiger partial charge in [0.2, 0.25) is 0 Å². The molecule has 16 heavy (non-hydrogen) atoms. The van der Waals surface area contributed by atoms with Crippen molar-refractivity contribution in [1.82, 2.24) is 0 Å². The summed E-state index contributed by atoms with van der Waals surface area (Å²) in [6.45, 7) is 3.93. The van der Waals surface area contributed by atoms with Gasteiger partial charge in [0.05, 0.1) is 10.5 Å². The molecule has 0 unspecified atom stereocenters. The van der Waals surface area contributed by atoms with E-state index in [1.54, 1.807) is 0 Å². The molecule has 0 amide bonds. The number of rotatable bonds is 2. The predicted octanol–water partition coefficient (Wildman–Crippen LogP) is 2.65. The molecule has 0 spiro atoms. The Morgan fingerprint density at radius 3 is 2.75 bits per heavy atom. The minimum atomic E-state index is -0.932. The Labute approximate surface area is 122 Å². The van der Waals surface area contributed by atoms with Crippen LogP contribution in [0.3, 0.4) is 0 Å². The Balaban J connectivity index is 2.49. The van der Waals surface area contributed by atoms with Crippen molar-refractivity contribution >= 4 is 56.9 Å². The first kappa shape index (κ1) is 12.8. The first-order valence-corrected chi connectivity index (χ1v) is 7.25. The third kappa shape index (κ3) is 1.24. The summed E-state index contributed by atoms with van der Waals surface area (Å²) in [6.07, 6.45) is 2.27. The molecule has 2 aliphatic carbocycles. The summed E-state index contributed by atoms with van der Waals surface area (Å²) in [5.41, 5.74) is -0.932. The molecule has 0 aliphatic heterocycles. The summed E-state index contributed by atoms with van der Waals surface area (Å²) < 4.78 is 5.29. The normalized spacial score (nSPS) is 41.2. The van der Waals surface area contributed by atoms with E-state index in [1.165, 1.54) is 7.11 Å². The van der Waals surface area contributed by atoms with Gasteiger partial charge in [0.1, 0.15) is 5.41 Å². The van der Waals surface area contributed by atoms with Crippen LogP contribution in [0.5, 0.6) is 0 Å². The first-order chi connectivity index (χ1) is 7.43. The van der Waals surface area contributed by atoms with Crippen LogP contribution in [0.15, 0.2) is 10.2 Å². The zero-order chi connectivity index (χ0) is 12.1. The van der Waals surface area contributed by atoms with E-state index in [0.29, 0.717) is 6.42 Å². The molecule has 88 valence electrons. The Morgan fingerprint density at radius 1 is 1.62 bits per heavy atom. The summed E-state index contributed by atoms with van der Waals surface area (Å²) in [6, 6.07) is 0. The standard InChI is InChI=1S/C11H12I2O3/c1-6(12)11(13)7-4-3-5-8(14)10(7,11)9(15)16-2/h7H,1,3-5H2,2H3/t7-,10-,11+/m1/s1. The lowest BCUT2D eigenvalue weighted by atomic mass is 9.86. The lowest BCUT2D eigenvalue weighted by Gasteiger charge is -2.19. The van der Waals surface area contributed by atoms with E-state index in [4.69, 9.17) is 4.74 Å². The fourth-order valence-corrected chi connectivity index (χ4v) is 5.28. The number of ketones is 1. The number of fused-ring (bicyclic) bond motifs is 1. The van der Waals surface area contributed by atoms with Crippen molar-refractivity contribution in [2.45, 2.75) is 22.7 Å². The third-order valence-electron chi connectivity index (χ3n) is 3.73. The highest BCUT2D eigenvalue weighted by Gasteiger charge is 2.84. The van der Waals surface area contributed by atoms with E-state index < -0.39 is 8.84 Å². The zero-order valence-electron chi connectivity index (χ0n) is 8.89. The molecule has 3 atom stereocenters. The van der Waals surface area contributed by atoms with Crippen molar-refractivity contribution in [1.29, 1.82) is 0 Å². The third-order valence-corrected chi connectivity index (χ3v) is 7.87. The van der Waals surface area contributed by atoms with Gasteiger partial charge >= 0.3 is 5.97 Å². The molecular formula is C11H12I2O3. The van der Waals surface area contributed by atoms with E-state index in [0.717, 1.165) is 16.4 Å². The molecular weight excluding hydrogens is 434 g/mol. The van der Waals surface area contributed by atoms with Crippen LogP contribution in [-0.2, 0) is 14.3 Å². The number of carbonyl (C=O) groups excluding carboxylic acids is 2. The van der Waals surface area contributed by atoms with Crippen LogP contribution < -0.4 is 0 Å². The van der Waals surface area contributed by atoms with Crippen molar-refractivity contribution in [3.8, 4) is 0 Å². The number of esters is 1. The molecule has 0 aromatic carbocycles. The van der Waals surface area contributed by atoms with Gasteiger partial charge in [0.15, 0.2) is 5.78 Å². The predicted molar refractivity (Wildman–Crippen MR) is 76.7 cm³/mol. The van der Waals surface area contributed by atoms with Gasteiger partial charge in [-0.2, -0.15) is 0 Å². The smallest absolute Gasteiger partial charge is 0.321 e. The molecule has 2 aliphatic rings. The SMILES string of the molecule is C=C(I)[C@]1(I)[C@@H]2CCCC(=O)[C@@]21C(=O)OC. The van der Waals surface area contributed by atoms with Crippen LogP contribution in [-0.4, -0.2) is 22.3 Å². The Hall–Kier alpha value is 0.340. The van der Waals surface area contributed by atoms with Crippen LogP contribution in [0.25, 0.3) is 0 Å². The second-order valence-corrected chi connectivity index (χ2v) is 7.29. The second kappa shape index (κ2) is 3.93. The van der Waals surface area contributed by atoms with Gasteiger partial charge in [-0.25, -0.2) is 0 Å². The van der Waals surface area contributed by atoms with Gasteiger partial charge in [-0.1, -0.05) is 29.2 Å². The van der Waals surface area contributed by atoms with Gasteiger partial charge in [0.25, 0.3) is 0 Å². The Bertz CT molecular complexity index is 383. The van der Waals surface area contributed by atoms with Crippen LogP contribution in [0, 0.1) is 11.3 Å². The maximum absolute atomic E-state index is 12.1. The molecule has 2 fully saturated rings. The van der Waals surface area contributed by atoms with Gasteiger partial charge in [-0.15, -0.1) is 0 Å². The fraction of sp³-hybridized carbons (Fsp3) is 0.636. The Morgan fingerprint density at radius 2 is 2.25 bits per heavy atom.